The Morgan fingerprint density at radius 1 is 1.00 bits per heavy atom. The highest BCUT2D eigenvalue weighted by Crippen LogP contribution is 2.27. The summed E-state index contributed by atoms with van der Waals surface area (Å²) in [5, 5.41) is 9.94. The Hall–Kier alpha value is -1.79. The lowest BCUT2D eigenvalue weighted by atomic mass is 9.97. The maximum atomic E-state index is 12.9. The van der Waals surface area contributed by atoms with Crippen LogP contribution in [0, 0.1) is 5.92 Å². The lowest BCUT2D eigenvalue weighted by Crippen LogP contribution is -2.51. The van der Waals surface area contributed by atoms with Gasteiger partial charge in [0.05, 0.1) is 5.92 Å². The number of carboxylic acid groups (broad SMARTS) is 1. The molecule has 1 aromatic rings. The van der Waals surface area contributed by atoms with Crippen LogP contribution in [-0.2, 0) is 9.59 Å². The molecule has 0 aliphatic carbocycles. The van der Waals surface area contributed by atoms with E-state index in [0.717, 1.165) is 6.42 Å². The summed E-state index contributed by atoms with van der Waals surface area (Å²) in [5.74, 6) is -1.87. The molecule has 3 rings (SSSR count). The number of likely N-dealkylation sites (tertiary alicyclic amines) is 2. The van der Waals surface area contributed by atoms with Gasteiger partial charge >= 0.3 is 5.97 Å². The number of benzene rings is 1. The van der Waals surface area contributed by atoms with E-state index in [1.807, 2.05) is 0 Å². The maximum absolute atomic E-state index is 12.9. The van der Waals surface area contributed by atoms with E-state index < -0.39 is 17.9 Å². The van der Waals surface area contributed by atoms with Gasteiger partial charge in [0, 0.05) is 35.2 Å². The number of carboxylic acids is 1. The topological polar surface area (TPSA) is 77.9 Å². The normalized spacial score (nSPS) is 23.2. The maximum Gasteiger partial charge on any atom is 0.308 e. The van der Waals surface area contributed by atoms with Crippen molar-refractivity contribution in [3.8, 4) is 0 Å². The van der Waals surface area contributed by atoms with Crippen LogP contribution in [0.15, 0.2) is 18.2 Å². The van der Waals surface area contributed by atoms with Gasteiger partial charge in [-0.15, -0.1) is 0 Å². The number of piperidine rings is 1. The number of carbonyl (C=O) groups excluding carboxylic acids is 2. The van der Waals surface area contributed by atoms with Crippen molar-refractivity contribution in [3.05, 3.63) is 33.8 Å². The lowest BCUT2D eigenvalue weighted by Gasteiger charge is -2.35. The minimum atomic E-state index is -0.879. The van der Waals surface area contributed by atoms with Gasteiger partial charge in [-0.05, 0) is 43.9 Å². The van der Waals surface area contributed by atoms with Crippen molar-refractivity contribution in [3.63, 3.8) is 0 Å². The van der Waals surface area contributed by atoms with Gasteiger partial charge in [-0.3, -0.25) is 14.4 Å². The number of hydrogen-bond donors (Lipinski definition) is 1. The van der Waals surface area contributed by atoms with Crippen LogP contribution in [0.25, 0.3) is 0 Å². The first-order chi connectivity index (χ1) is 12.4. The molecular formula is C18H20Cl2N2O4. The molecule has 2 heterocycles. The van der Waals surface area contributed by atoms with E-state index in [-0.39, 0.29) is 18.4 Å². The largest absolute Gasteiger partial charge is 0.481 e. The molecule has 26 heavy (non-hydrogen) atoms. The quantitative estimate of drug-likeness (QED) is 0.848. The van der Waals surface area contributed by atoms with Gasteiger partial charge in [-0.2, -0.15) is 0 Å². The molecule has 6 nitrogen and oxygen atoms in total. The third kappa shape index (κ3) is 3.96. The summed E-state index contributed by atoms with van der Waals surface area (Å²) in [6, 6.07) is 4.06. The Morgan fingerprint density at radius 2 is 1.65 bits per heavy atom. The average molecular weight is 399 g/mol. The molecule has 0 spiro atoms. The monoisotopic (exact) mass is 398 g/mol. The highest BCUT2D eigenvalue weighted by molar-refractivity contribution is 6.35. The first-order valence-corrected chi connectivity index (χ1v) is 9.41. The zero-order valence-corrected chi connectivity index (χ0v) is 15.7. The second kappa shape index (κ2) is 7.84. The molecular weight excluding hydrogens is 379 g/mol. The minimum Gasteiger partial charge on any atom is -0.481 e. The molecule has 2 aliphatic heterocycles. The van der Waals surface area contributed by atoms with Gasteiger partial charge in [-0.25, -0.2) is 0 Å². The van der Waals surface area contributed by atoms with Crippen LogP contribution in [0.1, 0.15) is 36.0 Å². The van der Waals surface area contributed by atoms with Crippen LogP contribution in [0.5, 0.6) is 0 Å². The SMILES string of the molecule is O=C(O)C1CCCN(C(=O)C2CCCN2C(=O)c2cc(Cl)cc(Cl)c2)C1. The molecule has 0 aromatic heterocycles. The molecule has 8 heteroatoms. The fourth-order valence-corrected chi connectivity index (χ4v) is 4.23. The number of aliphatic carboxylic acids is 1. The van der Waals surface area contributed by atoms with E-state index in [2.05, 4.69) is 0 Å². The van der Waals surface area contributed by atoms with Crippen LogP contribution < -0.4 is 0 Å². The summed E-state index contributed by atoms with van der Waals surface area (Å²) >= 11 is 12.0. The number of carbonyl (C=O) groups is 3. The predicted octanol–water partition coefficient (Wildman–Crippen LogP) is 2.92. The highest BCUT2D eigenvalue weighted by Gasteiger charge is 2.39. The lowest BCUT2D eigenvalue weighted by molar-refractivity contribution is -0.146. The Balaban J connectivity index is 1.76. The first-order valence-electron chi connectivity index (χ1n) is 8.65. The zero-order valence-electron chi connectivity index (χ0n) is 14.2. The summed E-state index contributed by atoms with van der Waals surface area (Å²) in [6.45, 7) is 1.22. The smallest absolute Gasteiger partial charge is 0.308 e. The van der Waals surface area contributed by atoms with Crippen molar-refractivity contribution >= 4 is 41.0 Å². The van der Waals surface area contributed by atoms with Crippen LogP contribution in [0.2, 0.25) is 10.0 Å². The van der Waals surface area contributed by atoms with Gasteiger partial charge in [-0.1, -0.05) is 23.2 Å². The second-order valence-corrected chi connectivity index (χ2v) is 7.65. The summed E-state index contributed by atoms with van der Waals surface area (Å²) in [5.41, 5.74) is 0.351. The van der Waals surface area contributed by atoms with Crippen molar-refractivity contribution in [2.75, 3.05) is 19.6 Å². The van der Waals surface area contributed by atoms with Crippen LogP contribution in [0.4, 0.5) is 0 Å². The fraction of sp³-hybridized carbons (Fsp3) is 0.500. The van der Waals surface area contributed by atoms with Crippen molar-refractivity contribution in [2.24, 2.45) is 5.92 Å². The van der Waals surface area contributed by atoms with Crippen molar-refractivity contribution < 1.29 is 19.5 Å². The number of rotatable bonds is 3. The van der Waals surface area contributed by atoms with Gasteiger partial charge < -0.3 is 14.9 Å². The number of hydrogen-bond acceptors (Lipinski definition) is 3. The van der Waals surface area contributed by atoms with E-state index >= 15 is 0 Å². The van der Waals surface area contributed by atoms with E-state index in [1.54, 1.807) is 15.9 Å². The molecule has 2 unspecified atom stereocenters. The molecule has 2 amide bonds. The van der Waals surface area contributed by atoms with Crippen LogP contribution >= 0.6 is 23.2 Å². The van der Waals surface area contributed by atoms with Crippen molar-refractivity contribution in [2.45, 2.75) is 31.7 Å². The Labute approximate surface area is 161 Å². The summed E-state index contributed by atoms with van der Waals surface area (Å²) in [7, 11) is 0. The molecule has 2 fully saturated rings. The van der Waals surface area contributed by atoms with Gasteiger partial charge in [0.15, 0.2) is 0 Å². The van der Waals surface area contributed by atoms with E-state index in [0.29, 0.717) is 48.0 Å². The molecule has 1 N–H and O–H groups in total. The number of halogens is 2. The molecule has 0 bridgehead atoms. The first kappa shape index (κ1) is 19.0. The Morgan fingerprint density at radius 3 is 2.31 bits per heavy atom. The zero-order chi connectivity index (χ0) is 18.8. The molecule has 0 saturated carbocycles. The van der Waals surface area contributed by atoms with Crippen molar-refractivity contribution in [1.29, 1.82) is 0 Å². The van der Waals surface area contributed by atoms with Crippen LogP contribution in [-0.4, -0.2) is 58.4 Å². The second-order valence-electron chi connectivity index (χ2n) is 6.78. The molecule has 2 atom stereocenters. The molecule has 140 valence electrons. The molecule has 1 aromatic carbocycles. The Kier molecular flexibility index (Phi) is 5.73. The predicted molar refractivity (Wildman–Crippen MR) is 97.5 cm³/mol. The molecule has 0 radical (unpaired) electrons. The van der Waals surface area contributed by atoms with Gasteiger partial charge in [0.1, 0.15) is 6.04 Å². The molecule has 2 aliphatic rings. The van der Waals surface area contributed by atoms with Crippen LogP contribution in [0.3, 0.4) is 0 Å². The molecule has 2 saturated heterocycles. The third-order valence-corrected chi connectivity index (χ3v) is 5.43. The summed E-state index contributed by atoms with van der Waals surface area (Å²) in [6.07, 6.45) is 2.54. The fourth-order valence-electron chi connectivity index (χ4n) is 3.70. The van der Waals surface area contributed by atoms with Gasteiger partial charge in [0.25, 0.3) is 5.91 Å². The number of nitrogens with zero attached hydrogens (tertiary/aromatic N) is 2. The van der Waals surface area contributed by atoms with E-state index in [1.165, 1.54) is 12.1 Å². The minimum absolute atomic E-state index is 0.171. The Bertz CT molecular complexity index is 720. The number of amides is 2. The highest BCUT2D eigenvalue weighted by atomic mass is 35.5. The third-order valence-electron chi connectivity index (χ3n) is 4.99. The van der Waals surface area contributed by atoms with E-state index in [4.69, 9.17) is 23.2 Å². The van der Waals surface area contributed by atoms with Gasteiger partial charge in [0.2, 0.25) is 5.91 Å². The standard InChI is InChI=1S/C18H20Cl2N2O4/c19-13-7-12(8-14(20)9-13)16(23)22-6-2-4-15(22)17(24)21-5-1-3-11(10-21)18(25)26/h7-9,11,15H,1-6,10H2,(H,25,26). The average Bonchev–Trinajstić information content (AvgIpc) is 3.09. The summed E-state index contributed by atoms with van der Waals surface area (Å²) < 4.78 is 0. The van der Waals surface area contributed by atoms with E-state index in [9.17, 15) is 19.5 Å². The van der Waals surface area contributed by atoms with Crippen molar-refractivity contribution in [1.82, 2.24) is 9.80 Å². The summed E-state index contributed by atoms with van der Waals surface area (Å²) in [4.78, 5) is 40.2.